The molecule has 4 aromatic rings. The summed E-state index contributed by atoms with van der Waals surface area (Å²) in [7, 11) is 0. The van der Waals surface area contributed by atoms with E-state index in [1.807, 2.05) is 24.3 Å². The lowest BCUT2D eigenvalue weighted by Crippen LogP contribution is -2.56. The van der Waals surface area contributed by atoms with Crippen LogP contribution in [0.1, 0.15) is 55.7 Å². The van der Waals surface area contributed by atoms with Gasteiger partial charge in [0.25, 0.3) is 0 Å². The van der Waals surface area contributed by atoms with Crippen molar-refractivity contribution in [2.75, 3.05) is 45.0 Å². The third kappa shape index (κ3) is 6.81. The fourth-order valence-electron chi connectivity index (χ4n) is 7.89. The van der Waals surface area contributed by atoms with Gasteiger partial charge < -0.3 is 30.7 Å². The number of alkyl halides is 3. The second-order valence-corrected chi connectivity index (χ2v) is 14.5. The van der Waals surface area contributed by atoms with Gasteiger partial charge in [0.1, 0.15) is 6.04 Å². The summed E-state index contributed by atoms with van der Waals surface area (Å²) in [4.78, 5) is 54.2. The van der Waals surface area contributed by atoms with Gasteiger partial charge in [-0.25, -0.2) is 9.59 Å². The lowest BCUT2D eigenvalue weighted by atomic mass is 9.98. The number of nitrogen functional groups attached to an aromatic ring is 1. The first-order chi connectivity index (χ1) is 24.0. The minimum atomic E-state index is -4.69. The first-order valence-corrected chi connectivity index (χ1v) is 18.0. The van der Waals surface area contributed by atoms with E-state index in [1.165, 1.54) is 18.9 Å². The van der Waals surface area contributed by atoms with Gasteiger partial charge in [-0.2, -0.15) is 13.2 Å². The Labute approximate surface area is 295 Å². The highest BCUT2D eigenvalue weighted by Gasteiger charge is 2.37. The Bertz CT molecular complexity index is 1960. The average molecular weight is 758 g/mol. The van der Waals surface area contributed by atoms with Gasteiger partial charge in [0, 0.05) is 54.5 Å². The number of rotatable bonds is 6. The molecule has 7 rings (SSSR count). The van der Waals surface area contributed by atoms with Crippen LogP contribution in [0, 0.1) is 0 Å². The largest absolute Gasteiger partial charge is 0.418 e. The summed E-state index contributed by atoms with van der Waals surface area (Å²) in [5.74, 6) is -0.320. The number of halogens is 4. The quantitative estimate of drug-likeness (QED) is 0.229. The highest BCUT2D eigenvalue weighted by Crippen LogP contribution is 2.38. The van der Waals surface area contributed by atoms with Crippen LogP contribution >= 0.6 is 15.9 Å². The molecule has 1 unspecified atom stereocenters. The van der Waals surface area contributed by atoms with Crippen molar-refractivity contribution in [3.63, 3.8) is 0 Å². The van der Waals surface area contributed by atoms with E-state index in [-0.39, 0.29) is 34.1 Å². The molecule has 15 heteroatoms. The van der Waals surface area contributed by atoms with E-state index in [0.29, 0.717) is 50.6 Å². The Morgan fingerprint density at radius 2 is 1.64 bits per heavy atom. The van der Waals surface area contributed by atoms with Crippen LogP contribution in [0.2, 0.25) is 0 Å². The first-order valence-electron chi connectivity index (χ1n) is 17.2. The number of anilines is 1. The molecule has 5 heterocycles. The molecule has 3 amide bonds. The number of nitrogens with two attached hydrogens (primary N) is 1. The molecule has 0 bridgehead atoms. The number of likely N-dealkylation sites (tertiary alicyclic amines) is 3. The van der Waals surface area contributed by atoms with Gasteiger partial charge >= 0.3 is 17.9 Å². The third-order valence-corrected chi connectivity index (χ3v) is 11.2. The maximum Gasteiger partial charge on any atom is 0.418 e. The normalized spacial score (nSPS) is 19.0. The maximum absolute atomic E-state index is 14.0. The van der Waals surface area contributed by atoms with Gasteiger partial charge in [0.15, 0.2) is 0 Å². The van der Waals surface area contributed by atoms with Crippen molar-refractivity contribution >= 4 is 55.5 Å². The number of nitrogens with zero attached hydrogens (tertiary/aromatic N) is 5. The lowest BCUT2D eigenvalue weighted by molar-refractivity contribution is -0.137. The van der Waals surface area contributed by atoms with E-state index in [0.717, 1.165) is 48.4 Å². The summed E-state index contributed by atoms with van der Waals surface area (Å²) in [6.45, 7) is 3.80. The molecular formula is C35H40BrF3N8O3. The molecule has 3 aliphatic heterocycles. The monoisotopic (exact) mass is 756 g/mol. The van der Waals surface area contributed by atoms with Crippen molar-refractivity contribution in [1.82, 2.24) is 34.6 Å². The van der Waals surface area contributed by atoms with Gasteiger partial charge in [-0.05, 0) is 91.3 Å². The van der Waals surface area contributed by atoms with Crippen molar-refractivity contribution in [2.24, 2.45) is 0 Å². The predicted octanol–water partition coefficient (Wildman–Crippen LogP) is 5.29. The van der Waals surface area contributed by atoms with Crippen molar-refractivity contribution in [2.45, 2.75) is 69.2 Å². The molecule has 1 atom stereocenters. The zero-order valence-corrected chi connectivity index (χ0v) is 29.1. The molecule has 11 nitrogen and oxygen atoms in total. The summed E-state index contributed by atoms with van der Waals surface area (Å²) in [5.41, 5.74) is 6.50. The fraction of sp³-hybridized carbons (Fsp3) is 0.486. The molecule has 0 spiro atoms. The summed E-state index contributed by atoms with van der Waals surface area (Å²) < 4.78 is 43.3. The van der Waals surface area contributed by atoms with Crippen molar-refractivity contribution < 1.29 is 22.8 Å². The van der Waals surface area contributed by atoms with Crippen LogP contribution < -0.4 is 16.7 Å². The lowest BCUT2D eigenvalue weighted by Gasteiger charge is -2.38. The van der Waals surface area contributed by atoms with Gasteiger partial charge in [-0.15, -0.1) is 0 Å². The number of H-pyrrole nitrogens is 1. The number of hydrogen-bond donors (Lipinski definition) is 3. The Kier molecular flexibility index (Phi) is 9.54. The third-order valence-electron chi connectivity index (χ3n) is 10.5. The highest BCUT2D eigenvalue weighted by molar-refractivity contribution is 9.10. The number of benzene rings is 2. The van der Waals surface area contributed by atoms with Crippen LogP contribution in [-0.4, -0.2) is 92.5 Å². The number of amides is 3. The van der Waals surface area contributed by atoms with Crippen LogP contribution in [-0.2, 0) is 17.4 Å². The molecule has 0 saturated carbocycles. The average Bonchev–Trinajstić information content (AvgIpc) is 3.77. The molecule has 0 aliphatic carbocycles. The van der Waals surface area contributed by atoms with Gasteiger partial charge in [-0.1, -0.05) is 18.2 Å². The summed E-state index contributed by atoms with van der Waals surface area (Å²) in [6, 6.07) is 8.67. The van der Waals surface area contributed by atoms with E-state index in [2.05, 4.69) is 36.1 Å². The highest BCUT2D eigenvalue weighted by atomic mass is 79.9. The van der Waals surface area contributed by atoms with Gasteiger partial charge in [0.2, 0.25) is 5.91 Å². The molecule has 50 heavy (non-hydrogen) atoms. The molecule has 3 saturated heterocycles. The van der Waals surface area contributed by atoms with Crippen LogP contribution in [0.25, 0.3) is 21.9 Å². The number of nitrogens with one attached hydrogen (secondary N) is 2. The Balaban J connectivity index is 1.07. The predicted molar refractivity (Wildman–Crippen MR) is 188 cm³/mol. The van der Waals surface area contributed by atoms with E-state index in [4.69, 9.17) is 5.73 Å². The van der Waals surface area contributed by atoms with Crippen LogP contribution in [0.3, 0.4) is 0 Å². The molecule has 2 aromatic heterocycles. The number of piperidine rings is 2. The van der Waals surface area contributed by atoms with Crippen LogP contribution in [0.4, 0.5) is 23.7 Å². The summed E-state index contributed by atoms with van der Waals surface area (Å²) in [5, 5.41) is 3.73. The second-order valence-electron chi connectivity index (χ2n) is 13.6. The molecular weight excluding hydrogens is 717 g/mol. The van der Waals surface area contributed by atoms with Crippen molar-refractivity contribution in [3.05, 3.63) is 68.7 Å². The Morgan fingerprint density at radius 1 is 0.980 bits per heavy atom. The fourth-order valence-corrected chi connectivity index (χ4v) is 8.40. The van der Waals surface area contributed by atoms with E-state index in [1.54, 1.807) is 20.6 Å². The SMILES string of the molecule is Nc1c(Br)cc(CC(NC(=O)N2CCC(n3c(=O)[nH]c4c5ccccc5ncc43)CC2)C(=O)N2CCC(N3CCCC3)CC2)cc1C(F)(F)F. The topological polar surface area (TPSA) is 133 Å². The number of carbonyl (C=O) groups excluding carboxylic acids is 2. The summed E-state index contributed by atoms with van der Waals surface area (Å²) in [6.07, 6.45) is 1.82. The number of hydrogen-bond acceptors (Lipinski definition) is 6. The first kappa shape index (κ1) is 34.3. The Hall–Kier alpha value is -4.11. The number of carbonyl (C=O) groups is 2. The molecule has 266 valence electrons. The molecule has 0 radical (unpaired) electrons. The zero-order valence-electron chi connectivity index (χ0n) is 27.5. The smallest absolute Gasteiger partial charge is 0.397 e. The number of fused-ring (bicyclic) bond motifs is 3. The number of imidazole rings is 1. The maximum atomic E-state index is 14.0. The minimum Gasteiger partial charge on any atom is -0.397 e. The standard InChI is InChI=1S/C35H40BrF3N8O3/c36-26-18-21(17-25(30(26)40)35(37,38)39)19-28(32(48)45-13-7-22(8-14-45)44-11-3-4-12-44)42-33(49)46-15-9-23(10-16-46)47-29-20-41-27-6-2-1-5-24(27)31(29)43-34(47)50/h1-2,5-6,17-18,20,22-23,28H,3-4,7-16,19,40H2,(H,42,49)(H,43,50). The number of aromatic amines is 1. The summed E-state index contributed by atoms with van der Waals surface area (Å²) >= 11 is 3.15. The van der Waals surface area contributed by atoms with Crippen molar-refractivity contribution in [1.29, 1.82) is 0 Å². The van der Waals surface area contributed by atoms with E-state index >= 15 is 0 Å². The molecule has 4 N–H and O–H groups in total. The van der Waals surface area contributed by atoms with Crippen LogP contribution in [0.15, 0.2) is 51.9 Å². The van der Waals surface area contributed by atoms with Crippen molar-refractivity contribution in [3.8, 4) is 0 Å². The second kappa shape index (κ2) is 13.9. The number of aromatic nitrogens is 3. The molecule has 3 aliphatic rings. The van der Waals surface area contributed by atoms with E-state index in [9.17, 15) is 27.6 Å². The zero-order chi connectivity index (χ0) is 35.2. The number of para-hydroxylation sites is 1. The van der Waals surface area contributed by atoms with E-state index < -0.39 is 29.5 Å². The molecule has 2 aromatic carbocycles. The molecule has 3 fully saturated rings. The minimum absolute atomic E-state index is 0.0732. The van der Waals surface area contributed by atoms with Crippen LogP contribution in [0.5, 0.6) is 0 Å². The number of urea groups is 1. The van der Waals surface area contributed by atoms with Gasteiger partial charge in [0.05, 0.1) is 34.0 Å². The Morgan fingerprint density at radius 3 is 2.34 bits per heavy atom. The number of pyridine rings is 1. The van der Waals surface area contributed by atoms with Gasteiger partial charge in [-0.3, -0.25) is 14.3 Å².